The average Bonchev–Trinajstić information content (AvgIpc) is 3.87. The number of carbonyl (C=O) groups excluding carboxylic acids is 8. The molecule has 65 heavy (non-hydrogen) atoms. The second kappa shape index (κ2) is 16.3. The molecule has 346 valence electrons. The first-order valence-electron chi connectivity index (χ1n) is 21.4. The van der Waals surface area contributed by atoms with Crippen LogP contribution in [0.1, 0.15) is 95.0 Å². The number of ether oxygens (including phenoxy) is 5. The fraction of sp³-hybridized carbons (Fsp3) is 0.545. The van der Waals surface area contributed by atoms with E-state index in [9.17, 15) is 58.8 Å². The number of Topliss-reactive ketones (excluding diaryl/α,β-unsaturated/α-hetero) is 1. The third-order valence-electron chi connectivity index (χ3n) is 14.0. The van der Waals surface area contributed by atoms with E-state index in [2.05, 4.69) is 0 Å². The van der Waals surface area contributed by atoms with Gasteiger partial charge in [0.25, 0.3) is 0 Å². The summed E-state index contributed by atoms with van der Waals surface area (Å²) in [5, 5.41) is 45.3. The summed E-state index contributed by atoms with van der Waals surface area (Å²) in [4.78, 5) is 111. The summed E-state index contributed by atoms with van der Waals surface area (Å²) < 4.78 is 30.5. The van der Waals surface area contributed by atoms with Crippen LogP contribution in [-0.2, 0) is 54.1 Å². The van der Waals surface area contributed by atoms with Crippen LogP contribution in [0.2, 0.25) is 0 Å². The third kappa shape index (κ3) is 6.94. The van der Waals surface area contributed by atoms with E-state index in [1.54, 1.807) is 13.8 Å². The highest BCUT2D eigenvalue weighted by Gasteiger charge is 2.57. The maximum atomic E-state index is 14.1. The summed E-state index contributed by atoms with van der Waals surface area (Å²) >= 11 is 0. The molecule has 21 nitrogen and oxygen atoms in total. The first-order chi connectivity index (χ1) is 30.9. The monoisotopic (exact) mass is 904 g/mol. The number of hydrogen-bond acceptors (Lipinski definition) is 18. The number of amides is 5. The molecule has 0 bridgehead atoms. The summed E-state index contributed by atoms with van der Waals surface area (Å²) in [6.07, 6.45) is -7.36. The van der Waals surface area contributed by atoms with Crippen LogP contribution in [0.15, 0.2) is 18.2 Å². The van der Waals surface area contributed by atoms with E-state index in [4.69, 9.17) is 23.7 Å². The number of fused-ring (bicyclic) bond motifs is 6. The highest BCUT2D eigenvalue weighted by atomic mass is 16.7. The van der Waals surface area contributed by atoms with Crippen molar-refractivity contribution in [3.05, 3.63) is 51.6 Å². The second-order valence-corrected chi connectivity index (χ2v) is 17.7. The van der Waals surface area contributed by atoms with E-state index in [1.807, 2.05) is 4.90 Å². The Kier molecular flexibility index (Phi) is 11.2. The van der Waals surface area contributed by atoms with Crippen molar-refractivity contribution in [2.45, 2.75) is 101 Å². The lowest BCUT2D eigenvalue weighted by Crippen LogP contribution is -2.62. The van der Waals surface area contributed by atoms with Gasteiger partial charge in [-0.3, -0.25) is 53.1 Å². The Bertz CT molecular complexity index is 2460. The summed E-state index contributed by atoms with van der Waals surface area (Å²) in [6.45, 7) is 2.12. The molecule has 9 rings (SSSR count). The summed E-state index contributed by atoms with van der Waals surface area (Å²) in [5.74, 6) is -8.31. The average molecular weight is 905 g/mol. The van der Waals surface area contributed by atoms with Crippen molar-refractivity contribution < 1.29 is 82.5 Å². The molecule has 5 amide bonds. The molecule has 3 unspecified atom stereocenters. The van der Waals surface area contributed by atoms with Crippen molar-refractivity contribution >= 4 is 46.9 Å². The fourth-order valence-electron chi connectivity index (χ4n) is 10.7. The predicted octanol–water partition coefficient (Wildman–Crippen LogP) is -0.359. The smallest absolute Gasteiger partial charge is 0.234 e. The molecule has 0 saturated carbocycles. The summed E-state index contributed by atoms with van der Waals surface area (Å²) in [7, 11) is 2.70. The minimum atomic E-state index is -2.34. The van der Waals surface area contributed by atoms with Crippen molar-refractivity contribution in [3.8, 4) is 17.2 Å². The van der Waals surface area contributed by atoms with Gasteiger partial charge in [0.2, 0.25) is 35.3 Å². The van der Waals surface area contributed by atoms with Crippen molar-refractivity contribution in [2.75, 3.05) is 40.6 Å². The zero-order chi connectivity index (χ0) is 46.5. The van der Waals surface area contributed by atoms with Crippen LogP contribution < -0.4 is 4.74 Å². The van der Waals surface area contributed by atoms with Crippen molar-refractivity contribution in [1.29, 1.82) is 0 Å². The Balaban J connectivity index is 0.938. The topological polar surface area (TPSA) is 277 Å². The lowest BCUT2D eigenvalue weighted by Gasteiger charge is -2.45. The number of aliphatic hydroxyl groups excluding tert-OH is 1. The van der Waals surface area contributed by atoms with Crippen LogP contribution in [-0.4, -0.2) is 170 Å². The number of likely N-dealkylation sites (tertiary alicyclic amines) is 2. The Hall–Kier alpha value is -5.68. The molecule has 5 heterocycles. The van der Waals surface area contributed by atoms with Gasteiger partial charge in [-0.2, -0.15) is 0 Å². The van der Waals surface area contributed by atoms with E-state index in [-0.39, 0.29) is 66.8 Å². The van der Waals surface area contributed by atoms with Crippen molar-refractivity contribution in [1.82, 2.24) is 19.6 Å². The van der Waals surface area contributed by atoms with Gasteiger partial charge in [-0.1, -0.05) is 19.1 Å². The number of piperazine rings is 1. The van der Waals surface area contributed by atoms with E-state index in [0.29, 0.717) is 0 Å². The summed E-state index contributed by atoms with van der Waals surface area (Å²) in [6, 6.07) is 3.90. The maximum absolute atomic E-state index is 14.1. The molecule has 5 fully saturated rings. The van der Waals surface area contributed by atoms with Crippen LogP contribution in [0.25, 0.3) is 0 Å². The number of benzene rings is 2. The van der Waals surface area contributed by atoms with Crippen LogP contribution in [0, 0.1) is 11.8 Å². The normalized spacial score (nSPS) is 32.1. The zero-order valence-corrected chi connectivity index (χ0v) is 35.9. The lowest BCUT2D eigenvalue weighted by atomic mass is 9.72. The Morgan fingerprint density at radius 2 is 1.60 bits per heavy atom. The number of aromatic hydroxyl groups is 2. The molecule has 2 aliphatic carbocycles. The number of imide groups is 2. The van der Waals surface area contributed by atoms with Crippen LogP contribution in [0.4, 0.5) is 0 Å². The van der Waals surface area contributed by atoms with Crippen LogP contribution >= 0.6 is 0 Å². The number of phenols is 2. The molecule has 2 aromatic carbocycles. The number of rotatable bonds is 10. The second-order valence-electron chi connectivity index (χ2n) is 17.7. The Morgan fingerprint density at radius 1 is 0.892 bits per heavy atom. The SMILES string of the molecule is COc1cccc2c1C(=O)c1c(O)c3c(c(O)c1C2=O)C[C@@](O)(C(=O)CO)C[C@@H]3O[C@H]1C[C@H]2[C@H](O[C@@H]3C(OC)N(C(=O)CC4CC(=O)N(CN5C(=O)CC(C)C5=O)C4=O)CCN32)[C@H](C)O1. The lowest BCUT2D eigenvalue weighted by molar-refractivity contribution is -0.248. The first kappa shape index (κ1) is 44.5. The molecule has 0 radical (unpaired) electrons. The van der Waals surface area contributed by atoms with Crippen molar-refractivity contribution in [2.24, 2.45) is 11.8 Å². The number of aliphatic hydroxyl groups is 2. The molecule has 21 heteroatoms. The molecule has 0 spiro atoms. The molecular weight excluding hydrogens is 856 g/mol. The molecule has 2 aromatic rings. The highest BCUT2D eigenvalue weighted by Crippen LogP contribution is 2.53. The van der Waals surface area contributed by atoms with Gasteiger partial charge in [-0.15, -0.1) is 0 Å². The van der Waals surface area contributed by atoms with Gasteiger partial charge < -0.3 is 49.0 Å². The minimum Gasteiger partial charge on any atom is -0.507 e. The first-order valence-corrected chi connectivity index (χ1v) is 21.4. The Labute approximate surface area is 370 Å². The van der Waals surface area contributed by atoms with E-state index < -0.39 is 156 Å². The third-order valence-corrected chi connectivity index (χ3v) is 14.0. The zero-order valence-electron chi connectivity index (χ0n) is 35.9. The molecule has 7 aliphatic rings. The standard InChI is InChI=1S/C44H48N4O17/c1-18-10-27(51)47(40(18)58)17-48-29(53)12-20(41(48)59)11-28(52)46-9-8-45-23-13-30(63-19(2)39(23)65-43(45)42(46)62-4)64-25-15-44(60,26(50)16-49)14-22-32(25)38(57)34-33(36(22)55)35(54)21-6-5-7-24(61-3)31(21)37(34)56/h5-7,18-20,23,25,30,39,42-43,49,55,57,60H,8-17H2,1-4H3/t18?,19-,20?,23-,25-,30-,39+,42?,43+,44-/m0/s1. The maximum Gasteiger partial charge on any atom is 0.234 e. The molecule has 10 atom stereocenters. The molecule has 4 N–H and O–H groups in total. The number of methoxy groups -OCH3 is 2. The van der Waals surface area contributed by atoms with Crippen LogP contribution in [0.3, 0.4) is 0 Å². The van der Waals surface area contributed by atoms with Crippen LogP contribution in [0.5, 0.6) is 17.2 Å². The largest absolute Gasteiger partial charge is 0.507 e. The number of carbonyl (C=O) groups is 8. The van der Waals surface area contributed by atoms with Gasteiger partial charge >= 0.3 is 0 Å². The van der Waals surface area contributed by atoms with Gasteiger partial charge in [-0.05, 0) is 13.0 Å². The number of nitrogens with zero attached hydrogens (tertiary/aromatic N) is 4. The summed E-state index contributed by atoms with van der Waals surface area (Å²) in [5.41, 5.74) is -3.97. The number of hydrogen-bond donors (Lipinski definition) is 4. The van der Waals surface area contributed by atoms with Gasteiger partial charge in [0.1, 0.15) is 42.2 Å². The Morgan fingerprint density at radius 3 is 2.28 bits per heavy atom. The fourth-order valence-corrected chi connectivity index (χ4v) is 10.7. The van der Waals surface area contributed by atoms with Gasteiger partial charge in [0, 0.05) is 87.4 Å². The highest BCUT2D eigenvalue weighted by molar-refractivity contribution is 6.31. The van der Waals surface area contributed by atoms with E-state index in [1.165, 1.54) is 37.3 Å². The van der Waals surface area contributed by atoms with E-state index in [0.717, 1.165) is 9.80 Å². The predicted molar refractivity (Wildman–Crippen MR) is 215 cm³/mol. The quantitative estimate of drug-likeness (QED) is 0.149. The number of ketones is 3. The van der Waals surface area contributed by atoms with Gasteiger partial charge in [-0.25, -0.2) is 0 Å². The van der Waals surface area contributed by atoms with Crippen molar-refractivity contribution in [3.63, 3.8) is 0 Å². The van der Waals surface area contributed by atoms with Gasteiger partial charge in [0.05, 0.1) is 41.9 Å². The molecular formula is C44H48N4O17. The molecule has 5 saturated heterocycles. The molecule has 0 aromatic heterocycles. The van der Waals surface area contributed by atoms with E-state index >= 15 is 0 Å². The minimum absolute atomic E-state index is 0.0186. The molecule has 5 aliphatic heterocycles. The van der Waals surface area contributed by atoms with Gasteiger partial charge in [0.15, 0.2) is 30.3 Å². The number of phenolic OH excluding ortho intramolecular Hbond substituents is 2.